The van der Waals surface area contributed by atoms with Crippen LogP contribution in [0.1, 0.15) is 30.1 Å². The van der Waals surface area contributed by atoms with Crippen molar-refractivity contribution >= 4 is 33.4 Å². The van der Waals surface area contributed by atoms with Crippen LogP contribution in [0.15, 0.2) is 22.7 Å². The number of carbonyl (C=O) groups excluding carboxylic acids is 1. The Morgan fingerprint density at radius 2 is 2.29 bits per heavy atom. The minimum Gasteiger partial charge on any atom is -0.350 e. The fraction of sp³-hybridized carbons (Fsp3) is 0.417. The summed E-state index contributed by atoms with van der Waals surface area (Å²) in [5, 5.41) is 2.84. The van der Waals surface area contributed by atoms with Gasteiger partial charge in [-0.15, -0.1) is 11.6 Å². The molecular formula is C12H14BrClFNO. The number of nitrogens with one attached hydrogen (secondary N) is 1. The van der Waals surface area contributed by atoms with Gasteiger partial charge in [0.2, 0.25) is 0 Å². The number of halogens is 3. The Bertz CT molecular complexity index is 400. The van der Waals surface area contributed by atoms with Crippen LogP contribution in [-0.2, 0) is 0 Å². The van der Waals surface area contributed by atoms with Crippen molar-refractivity contribution in [3.05, 3.63) is 34.1 Å². The van der Waals surface area contributed by atoms with E-state index in [9.17, 15) is 9.18 Å². The van der Waals surface area contributed by atoms with Crippen LogP contribution in [0.3, 0.4) is 0 Å². The van der Waals surface area contributed by atoms with Crippen LogP contribution in [0.5, 0.6) is 0 Å². The van der Waals surface area contributed by atoms with Crippen LogP contribution in [0.4, 0.5) is 4.39 Å². The summed E-state index contributed by atoms with van der Waals surface area (Å²) in [5.74, 6) is 0.00282. The maximum atomic E-state index is 12.9. The maximum Gasteiger partial charge on any atom is 0.252 e. The van der Waals surface area contributed by atoms with Gasteiger partial charge in [-0.05, 0) is 53.9 Å². The van der Waals surface area contributed by atoms with Crippen molar-refractivity contribution in [3.8, 4) is 0 Å². The SMILES string of the molecule is CC(CCCCl)NC(=O)c1ccc(F)cc1Br. The highest BCUT2D eigenvalue weighted by atomic mass is 79.9. The number of carbonyl (C=O) groups is 1. The van der Waals surface area contributed by atoms with Crippen molar-refractivity contribution in [2.75, 3.05) is 5.88 Å². The summed E-state index contributed by atoms with van der Waals surface area (Å²) in [6.07, 6.45) is 1.68. The zero-order valence-electron chi connectivity index (χ0n) is 9.47. The number of alkyl halides is 1. The molecule has 0 saturated heterocycles. The first-order valence-electron chi connectivity index (χ1n) is 5.36. The molecule has 0 saturated carbocycles. The second kappa shape index (κ2) is 6.97. The van der Waals surface area contributed by atoms with Crippen LogP contribution < -0.4 is 5.32 Å². The molecule has 1 rings (SSSR count). The van der Waals surface area contributed by atoms with Crippen molar-refractivity contribution in [1.82, 2.24) is 5.32 Å². The van der Waals surface area contributed by atoms with Gasteiger partial charge in [0.15, 0.2) is 0 Å². The lowest BCUT2D eigenvalue weighted by molar-refractivity contribution is 0.0937. The molecule has 5 heteroatoms. The van der Waals surface area contributed by atoms with Gasteiger partial charge >= 0.3 is 0 Å². The predicted octanol–water partition coefficient (Wildman–Crippen LogP) is 3.73. The lowest BCUT2D eigenvalue weighted by atomic mass is 10.1. The Morgan fingerprint density at radius 1 is 1.59 bits per heavy atom. The average molecular weight is 323 g/mol. The van der Waals surface area contributed by atoms with E-state index in [0.29, 0.717) is 15.9 Å². The number of hydrogen-bond acceptors (Lipinski definition) is 1. The van der Waals surface area contributed by atoms with E-state index in [2.05, 4.69) is 21.2 Å². The van der Waals surface area contributed by atoms with Crippen LogP contribution in [0.2, 0.25) is 0 Å². The van der Waals surface area contributed by atoms with E-state index in [0.717, 1.165) is 12.8 Å². The fourth-order valence-electron chi connectivity index (χ4n) is 1.43. The van der Waals surface area contributed by atoms with Gasteiger partial charge in [0.1, 0.15) is 5.82 Å². The molecule has 17 heavy (non-hydrogen) atoms. The Labute approximate surface area is 114 Å². The Hall–Kier alpha value is -0.610. The Balaban J connectivity index is 2.63. The molecule has 1 aromatic rings. The van der Waals surface area contributed by atoms with Gasteiger partial charge in [-0.2, -0.15) is 0 Å². The lowest BCUT2D eigenvalue weighted by Gasteiger charge is -2.13. The fourth-order valence-corrected chi connectivity index (χ4v) is 2.12. The molecule has 1 unspecified atom stereocenters. The summed E-state index contributed by atoms with van der Waals surface area (Å²) < 4.78 is 13.3. The first-order chi connectivity index (χ1) is 8.04. The minimum absolute atomic E-state index is 0.0539. The number of hydrogen-bond donors (Lipinski definition) is 1. The van der Waals surface area contributed by atoms with Crippen molar-refractivity contribution in [2.24, 2.45) is 0 Å². The van der Waals surface area contributed by atoms with Gasteiger partial charge in [0.05, 0.1) is 5.56 Å². The maximum absolute atomic E-state index is 12.9. The Morgan fingerprint density at radius 3 is 2.88 bits per heavy atom. The molecular weight excluding hydrogens is 308 g/mol. The smallest absolute Gasteiger partial charge is 0.252 e. The molecule has 0 aliphatic carbocycles. The molecule has 0 heterocycles. The summed E-state index contributed by atoms with van der Waals surface area (Å²) in [6, 6.07) is 4.06. The second-order valence-corrected chi connectivity index (χ2v) is 5.06. The van der Waals surface area contributed by atoms with E-state index in [1.807, 2.05) is 6.92 Å². The molecule has 1 atom stereocenters. The van der Waals surface area contributed by atoms with E-state index in [1.165, 1.54) is 18.2 Å². The Kier molecular flexibility index (Phi) is 5.92. The zero-order valence-corrected chi connectivity index (χ0v) is 11.8. The number of rotatable bonds is 5. The zero-order chi connectivity index (χ0) is 12.8. The van der Waals surface area contributed by atoms with Gasteiger partial charge in [-0.3, -0.25) is 4.79 Å². The second-order valence-electron chi connectivity index (χ2n) is 3.83. The molecule has 0 aliphatic heterocycles. The third kappa shape index (κ3) is 4.64. The van der Waals surface area contributed by atoms with Gasteiger partial charge in [-0.25, -0.2) is 4.39 Å². The van der Waals surface area contributed by atoms with Crippen LogP contribution in [0, 0.1) is 5.82 Å². The standard InChI is InChI=1S/C12H14BrClFNO/c1-8(3-2-6-14)16-12(17)10-5-4-9(15)7-11(10)13/h4-5,7-8H,2-3,6H2,1H3,(H,16,17). The average Bonchev–Trinajstić information content (AvgIpc) is 2.26. The van der Waals surface area contributed by atoms with E-state index < -0.39 is 0 Å². The van der Waals surface area contributed by atoms with E-state index in [1.54, 1.807) is 0 Å². The van der Waals surface area contributed by atoms with Crippen LogP contribution in [0.25, 0.3) is 0 Å². The van der Waals surface area contributed by atoms with Crippen LogP contribution >= 0.6 is 27.5 Å². The summed E-state index contributed by atoms with van der Waals surface area (Å²) in [7, 11) is 0. The third-order valence-electron chi connectivity index (χ3n) is 2.32. The van der Waals surface area contributed by atoms with Gasteiger partial charge < -0.3 is 5.32 Å². The van der Waals surface area contributed by atoms with Crippen molar-refractivity contribution < 1.29 is 9.18 Å². The van der Waals surface area contributed by atoms with E-state index in [4.69, 9.17) is 11.6 Å². The highest BCUT2D eigenvalue weighted by molar-refractivity contribution is 9.10. The molecule has 2 nitrogen and oxygen atoms in total. The predicted molar refractivity (Wildman–Crippen MR) is 71.0 cm³/mol. The lowest BCUT2D eigenvalue weighted by Crippen LogP contribution is -2.32. The van der Waals surface area contributed by atoms with E-state index >= 15 is 0 Å². The molecule has 0 spiro atoms. The number of amides is 1. The highest BCUT2D eigenvalue weighted by Crippen LogP contribution is 2.18. The van der Waals surface area contributed by atoms with Crippen molar-refractivity contribution in [1.29, 1.82) is 0 Å². The van der Waals surface area contributed by atoms with E-state index in [-0.39, 0.29) is 17.8 Å². The van der Waals surface area contributed by atoms with Gasteiger partial charge in [0, 0.05) is 16.4 Å². The first kappa shape index (κ1) is 14.5. The molecule has 94 valence electrons. The molecule has 1 aromatic carbocycles. The third-order valence-corrected chi connectivity index (χ3v) is 3.25. The molecule has 0 bridgehead atoms. The van der Waals surface area contributed by atoms with Crippen molar-refractivity contribution in [2.45, 2.75) is 25.8 Å². The topological polar surface area (TPSA) is 29.1 Å². The summed E-state index contributed by atoms with van der Waals surface area (Å²) in [5.41, 5.74) is 0.434. The summed E-state index contributed by atoms with van der Waals surface area (Å²) >= 11 is 8.75. The highest BCUT2D eigenvalue weighted by Gasteiger charge is 2.12. The quantitative estimate of drug-likeness (QED) is 0.822. The summed E-state index contributed by atoms with van der Waals surface area (Å²) in [4.78, 5) is 11.9. The van der Waals surface area contributed by atoms with Crippen LogP contribution in [-0.4, -0.2) is 17.8 Å². The minimum atomic E-state index is -0.372. The first-order valence-corrected chi connectivity index (χ1v) is 6.69. The van der Waals surface area contributed by atoms with Gasteiger partial charge in [0.25, 0.3) is 5.91 Å². The number of benzene rings is 1. The molecule has 1 N–H and O–H groups in total. The monoisotopic (exact) mass is 321 g/mol. The summed E-state index contributed by atoms with van der Waals surface area (Å²) in [6.45, 7) is 1.92. The molecule has 0 radical (unpaired) electrons. The molecule has 1 amide bonds. The normalized spacial score (nSPS) is 12.2. The molecule has 0 aliphatic rings. The van der Waals surface area contributed by atoms with Gasteiger partial charge in [-0.1, -0.05) is 0 Å². The van der Waals surface area contributed by atoms with Crippen molar-refractivity contribution in [3.63, 3.8) is 0 Å². The molecule has 0 fully saturated rings. The largest absolute Gasteiger partial charge is 0.350 e. The molecule has 0 aromatic heterocycles.